The summed E-state index contributed by atoms with van der Waals surface area (Å²) in [6, 6.07) is 0. The molecule has 0 aliphatic carbocycles. The molecular weight excluding hydrogens is 212 g/mol. The van der Waals surface area contributed by atoms with E-state index < -0.39 is 15.0 Å². The minimum atomic E-state index is -0.855. The number of carbonyl (C=O) groups is 1. The summed E-state index contributed by atoms with van der Waals surface area (Å²) in [7, 11) is 0.347. The lowest BCUT2D eigenvalue weighted by Gasteiger charge is -1.93. The smallest absolute Gasteiger partial charge is 0.327 e. The lowest BCUT2D eigenvalue weighted by Crippen LogP contribution is -2.02. The van der Waals surface area contributed by atoms with E-state index in [1.54, 1.807) is 6.08 Å². The first-order chi connectivity index (χ1) is 6.54. The molecule has 0 saturated heterocycles. The maximum absolute atomic E-state index is 9.88. The average Bonchev–Trinajstić information content (AvgIpc) is 2.13. The van der Waals surface area contributed by atoms with E-state index in [1.165, 1.54) is 6.08 Å². The van der Waals surface area contributed by atoms with Crippen molar-refractivity contribution in [3.8, 4) is 0 Å². The van der Waals surface area contributed by atoms with E-state index in [9.17, 15) is 4.79 Å². The van der Waals surface area contributed by atoms with Crippen LogP contribution in [0, 0.1) is 0 Å². The third-order valence-electron chi connectivity index (χ3n) is 1.46. The first-order valence-corrected chi connectivity index (χ1v) is 8.56. The number of hydrogen-bond acceptors (Lipinski definition) is 2. The first kappa shape index (κ1) is 16.0. The van der Waals surface area contributed by atoms with Crippen molar-refractivity contribution in [3.63, 3.8) is 0 Å². The highest BCUT2D eigenvalue weighted by atomic mass is 28.3. The zero-order valence-corrected chi connectivity index (χ0v) is 12.8. The summed E-state index contributed by atoms with van der Waals surface area (Å²) in [4.78, 5) is 9.88. The molecular formula is C9H22O3Si2. The Kier molecular flexibility index (Phi) is 14.4. The highest BCUT2D eigenvalue weighted by Gasteiger charge is 1.83. The van der Waals surface area contributed by atoms with Crippen LogP contribution in [0.15, 0.2) is 12.2 Å². The van der Waals surface area contributed by atoms with Gasteiger partial charge in [0.1, 0.15) is 10.5 Å². The average molecular weight is 234 g/mol. The Morgan fingerprint density at radius 1 is 1.57 bits per heavy atom. The van der Waals surface area contributed by atoms with Gasteiger partial charge in [-0.15, -0.1) is 0 Å². The molecule has 5 heteroatoms. The van der Waals surface area contributed by atoms with Gasteiger partial charge in [-0.05, 0) is 19.5 Å². The number of carboxylic acids is 1. The van der Waals surface area contributed by atoms with Crippen LogP contribution in [0.1, 0.15) is 26.2 Å². The van der Waals surface area contributed by atoms with Crippen LogP contribution in [-0.2, 0) is 8.91 Å². The maximum Gasteiger partial charge on any atom is 0.327 e. The Morgan fingerprint density at radius 3 is 2.36 bits per heavy atom. The topological polar surface area (TPSA) is 46.5 Å². The molecule has 0 spiro atoms. The van der Waals surface area contributed by atoms with Crippen molar-refractivity contribution >= 4 is 25.5 Å². The van der Waals surface area contributed by atoms with E-state index in [-0.39, 0.29) is 0 Å². The second kappa shape index (κ2) is 12.6. The number of aliphatic carboxylic acids is 1. The van der Waals surface area contributed by atoms with Crippen molar-refractivity contribution in [1.82, 2.24) is 0 Å². The minimum Gasteiger partial charge on any atom is -0.478 e. The van der Waals surface area contributed by atoms with Gasteiger partial charge in [-0.3, -0.25) is 0 Å². The van der Waals surface area contributed by atoms with Gasteiger partial charge in [0.25, 0.3) is 0 Å². The van der Waals surface area contributed by atoms with E-state index >= 15 is 0 Å². The summed E-state index contributed by atoms with van der Waals surface area (Å²) in [6.45, 7) is 6.43. The minimum absolute atomic E-state index is 0.588. The Bertz CT molecular complexity index is 158. The van der Waals surface area contributed by atoms with Crippen molar-refractivity contribution in [2.75, 3.05) is 0 Å². The summed E-state index contributed by atoms with van der Waals surface area (Å²) in [5, 5.41) is 8.13. The molecule has 3 nitrogen and oxygen atoms in total. The molecule has 0 aliphatic rings. The largest absolute Gasteiger partial charge is 0.478 e. The fraction of sp³-hybridized carbons (Fsp3) is 0.667. The quantitative estimate of drug-likeness (QED) is 0.440. The fourth-order valence-corrected chi connectivity index (χ4v) is 0.506. The van der Waals surface area contributed by atoms with Crippen LogP contribution in [0.25, 0.3) is 0 Å². The molecule has 14 heavy (non-hydrogen) atoms. The molecule has 84 valence electrons. The first-order valence-electron chi connectivity index (χ1n) is 4.96. The number of carboxylic acid groups (broad SMARTS) is 1. The zero-order valence-electron chi connectivity index (χ0n) is 9.62. The van der Waals surface area contributed by atoms with E-state index in [2.05, 4.69) is 20.0 Å². The monoisotopic (exact) mass is 234 g/mol. The third kappa shape index (κ3) is 22.6. The molecule has 0 atom stereocenters. The Hall–Kier alpha value is -0.396. The van der Waals surface area contributed by atoms with Gasteiger partial charge in [0, 0.05) is 6.08 Å². The summed E-state index contributed by atoms with van der Waals surface area (Å²) in [5.41, 5.74) is 0. The van der Waals surface area contributed by atoms with Crippen molar-refractivity contribution in [1.29, 1.82) is 0 Å². The van der Waals surface area contributed by atoms with E-state index in [1.807, 2.05) is 0 Å². The number of allylic oxidation sites excluding steroid dienone is 1. The normalized spacial score (nSPS) is 10.3. The molecule has 0 aliphatic heterocycles. The molecule has 0 amide bonds. The van der Waals surface area contributed by atoms with E-state index in [0.717, 1.165) is 29.7 Å². The van der Waals surface area contributed by atoms with Crippen LogP contribution in [0.5, 0.6) is 0 Å². The molecule has 0 fully saturated rings. The Labute approximate surface area is 91.4 Å². The molecule has 0 saturated carbocycles. The van der Waals surface area contributed by atoms with Gasteiger partial charge in [-0.2, -0.15) is 0 Å². The summed E-state index contributed by atoms with van der Waals surface area (Å²) < 4.78 is 5.03. The Balaban J connectivity index is 0. The van der Waals surface area contributed by atoms with Crippen molar-refractivity contribution in [3.05, 3.63) is 12.2 Å². The second-order valence-electron chi connectivity index (χ2n) is 3.17. The number of hydrogen-bond donors (Lipinski definition) is 1. The highest BCUT2D eigenvalue weighted by Crippen LogP contribution is 1.93. The molecule has 0 bridgehead atoms. The van der Waals surface area contributed by atoms with Gasteiger partial charge in [-0.1, -0.05) is 25.8 Å². The van der Waals surface area contributed by atoms with Crippen LogP contribution in [0.4, 0.5) is 0 Å². The van der Waals surface area contributed by atoms with E-state index in [4.69, 9.17) is 9.22 Å². The van der Waals surface area contributed by atoms with Gasteiger partial charge >= 0.3 is 5.97 Å². The lowest BCUT2D eigenvalue weighted by molar-refractivity contribution is -0.131. The van der Waals surface area contributed by atoms with Crippen LogP contribution < -0.4 is 0 Å². The van der Waals surface area contributed by atoms with Gasteiger partial charge in [0.2, 0.25) is 0 Å². The summed E-state index contributed by atoms with van der Waals surface area (Å²) in [5.74, 6) is -0.855. The summed E-state index contributed by atoms with van der Waals surface area (Å²) in [6.07, 6.45) is 5.94. The van der Waals surface area contributed by atoms with Gasteiger partial charge in [0.15, 0.2) is 9.04 Å². The third-order valence-corrected chi connectivity index (χ3v) is 5.23. The Morgan fingerprint density at radius 2 is 2.07 bits per heavy atom. The molecule has 0 heterocycles. The second-order valence-corrected chi connectivity index (χ2v) is 7.15. The zero-order chi connectivity index (χ0) is 11.4. The number of unbranched alkanes of at least 4 members (excludes halogenated alkanes) is 2. The number of rotatable bonds is 5. The van der Waals surface area contributed by atoms with Gasteiger partial charge in [-0.25, -0.2) is 4.79 Å². The van der Waals surface area contributed by atoms with Crippen LogP contribution in [0.3, 0.4) is 0 Å². The predicted octanol–water partition coefficient (Wildman–Crippen LogP) is 1.08. The lowest BCUT2D eigenvalue weighted by atomic mass is 10.2. The van der Waals surface area contributed by atoms with Crippen molar-refractivity contribution in [2.24, 2.45) is 0 Å². The molecule has 0 rings (SSSR count). The highest BCUT2D eigenvalue weighted by molar-refractivity contribution is 6.52. The molecule has 1 N–H and O–H groups in total. The van der Waals surface area contributed by atoms with Gasteiger partial charge in [0.05, 0.1) is 0 Å². The molecule has 0 aromatic carbocycles. The SMILES string of the molecule is CCCCC=CC(=O)O.C[SiH](C)O[SiH3]. The standard InChI is InChI=1S/C7H12O2.C2H10OSi2/c1-2-3-4-5-6-7(8)9;1-5(2)3-4/h5-6H,2-4H2,1H3,(H,8,9);5H,1-2,4H3. The van der Waals surface area contributed by atoms with Crippen molar-refractivity contribution < 1.29 is 14.0 Å². The summed E-state index contributed by atoms with van der Waals surface area (Å²) >= 11 is 0. The van der Waals surface area contributed by atoms with Crippen LogP contribution in [-0.4, -0.2) is 30.6 Å². The fourth-order valence-electron chi connectivity index (χ4n) is 0.506. The van der Waals surface area contributed by atoms with Crippen LogP contribution >= 0.6 is 0 Å². The van der Waals surface area contributed by atoms with Crippen molar-refractivity contribution in [2.45, 2.75) is 39.3 Å². The molecule has 0 aromatic heterocycles. The van der Waals surface area contributed by atoms with Crippen LogP contribution in [0.2, 0.25) is 13.1 Å². The van der Waals surface area contributed by atoms with Gasteiger partial charge < -0.3 is 9.22 Å². The predicted molar refractivity (Wildman–Crippen MR) is 66.2 cm³/mol. The molecule has 0 aromatic rings. The maximum atomic E-state index is 9.88. The molecule has 0 radical (unpaired) electrons. The molecule has 0 unspecified atom stereocenters. The van der Waals surface area contributed by atoms with E-state index in [0.29, 0.717) is 0 Å².